The Morgan fingerprint density at radius 1 is 0.839 bits per heavy atom. The Labute approximate surface area is 177 Å². The van der Waals surface area contributed by atoms with Crippen LogP contribution in [0.25, 0.3) is 0 Å². The standard InChI is InChI=1S/C24H20O7/c25-16-7-6-13(8-18(16)27)23-19(28)9-15-17(26)11-20-22(24(15)31-23)14(10-21(29)30-20)12-4-2-1-3-5-12/h1-8,11,14,19,23,25-28H,9-10H2/t14?,19-,23+/m0/s1. The van der Waals surface area contributed by atoms with Gasteiger partial charge >= 0.3 is 5.97 Å². The van der Waals surface area contributed by atoms with Crippen LogP contribution in [0.5, 0.6) is 28.7 Å². The van der Waals surface area contributed by atoms with Crippen LogP contribution in [0.2, 0.25) is 0 Å². The van der Waals surface area contributed by atoms with Gasteiger partial charge in [-0.25, -0.2) is 0 Å². The van der Waals surface area contributed by atoms with E-state index >= 15 is 0 Å². The molecule has 3 aromatic carbocycles. The van der Waals surface area contributed by atoms with E-state index in [4.69, 9.17) is 9.47 Å². The van der Waals surface area contributed by atoms with Crippen LogP contribution in [0.15, 0.2) is 54.6 Å². The van der Waals surface area contributed by atoms with Crippen molar-refractivity contribution >= 4 is 5.97 Å². The topological polar surface area (TPSA) is 116 Å². The Bertz CT molecular complexity index is 1170. The van der Waals surface area contributed by atoms with Crippen LogP contribution in [0, 0.1) is 0 Å². The predicted octanol–water partition coefficient (Wildman–Crippen LogP) is 3.28. The molecule has 2 aliphatic heterocycles. The number of aliphatic hydroxyl groups is 1. The highest BCUT2D eigenvalue weighted by molar-refractivity contribution is 5.80. The number of hydrogen-bond donors (Lipinski definition) is 4. The molecule has 31 heavy (non-hydrogen) atoms. The fourth-order valence-corrected chi connectivity index (χ4v) is 4.36. The van der Waals surface area contributed by atoms with Crippen molar-refractivity contribution in [2.75, 3.05) is 0 Å². The molecular weight excluding hydrogens is 400 g/mol. The number of hydrogen-bond acceptors (Lipinski definition) is 7. The van der Waals surface area contributed by atoms with Gasteiger partial charge in [0.05, 0.1) is 12.5 Å². The highest BCUT2D eigenvalue weighted by Gasteiger charge is 2.39. The molecule has 158 valence electrons. The summed E-state index contributed by atoms with van der Waals surface area (Å²) >= 11 is 0. The molecule has 0 aliphatic carbocycles. The average Bonchev–Trinajstić information content (AvgIpc) is 2.75. The van der Waals surface area contributed by atoms with Gasteiger partial charge in [-0.1, -0.05) is 36.4 Å². The molecule has 3 atom stereocenters. The van der Waals surface area contributed by atoms with Crippen LogP contribution in [0.1, 0.15) is 40.7 Å². The molecule has 2 aliphatic rings. The lowest BCUT2D eigenvalue weighted by Crippen LogP contribution is -2.32. The molecule has 0 amide bonds. The number of aliphatic hydroxyl groups excluding tert-OH is 1. The molecular formula is C24H20O7. The van der Waals surface area contributed by atoms with Crippen molar-refractivity contribution in [1.29, 1.82) is 0 Å². The third-order valence-corrected chi connectivity index (χ3v) is 5.84. The number of esters is 1. The smallest absolute Gasteiger partial charge is 0.312 e. The van der Waals surface area contributed by atoms with Gasteiger partial charge in [0.1, 0.15) is 23.4 Å². The van der Waals surface area contributed by atoms with E-state index in [1.54, 1.807) is 6.07 Å². The van der Waals surface area contributed by atoms with Gasteiger partial charge in [0.25, 0.3) is 0 Å². The van der Waals surface area contributed by atoms with Crippen molar-refractivity contribution in [3.05, 3.63) is 76.9 Å². The first-order chi connectivity index (χ1) is 14.9. The molecule has 0 bridgehead atoms. The maximum absolute atomic E-state index is 12.3. The number of fused-ring (bicyclic) bond motifs is 3. The van der Waals surface area contributed by atoms with Gasteiger partial charge in [-0.3, -0.25) is 4.79 Å². The number of rotatable bonds is 2. The molecule has 1 unspecified atom stereocenters. The van der Waals surface area contributed by atoms with Crippen molar-refractivity contribution in [3.63, 3.8) is 0 Å². The zero-order chi connectivity index (χ0) is 21.7. The SMILES string of the molecule is O=C1CC(c2ccccc2)c2c(cc(O)c3c2O[C@H](c2ccc(O)c(O)c2)[C@@H](O)C3)O1. The van der Waals surface area contributed by atoms with Crippen LogP contribution in [0.3, 0.4) is 0 Å². The second-order valence-electron chi connectivity index (χ2n) is 7.81. The first-order valence-electron chi connectivity index (χ1n) is 9.93. The minimum absolute atomic E-state index is 0.107. The van der Waals surface area contributed by atoms with E-state index in [1.165, 1.54) is 18.2 Å². The molecule has 0 saturated carbocycles. The second kappa shape index (κ2) is 7.21. The molecule has 0 fully saturated rings. The maximum Gasteiger partial charge on any atom is 0.312 e. The molecule has 7 heteroatoms. The Balaban J connectivity index is 1.66. The van der Waals surface area contributed by atoms with Crippen molar-refractivity contribution in [1.82, 2.24) is 0 Å². The quantitative estimate of drug-likeness (QED) is 0.286. The largest absolute Gasteiger partial charge is 0.507 e. The summed E-state index contributed by atoms with van der Waals surface area (Å²) in [7, 11) is 0. The van der Waals surface area contributed by atoms with Crippen LogP contribution in [-0.2, 0) is 11.2 Å². The predicted molar refractivity (Wildman–Crippen MR) is 109 cm³/mol. The van der Waals surface area contributed by atoms with Crippen LogP contribution in [-0.4, -0.2) is 32.5 Å². The van der Waals surface area contributed by atoms with E-state index in [2.05, 4.69) is 0 Å². The Kier molecular flexibility index (Phi) is 4.48. The second-order valence-corrected chi connectivity index (χ2v) is 7.81. The van der Waals surface area contributed by atoms with E-state index in [9.17, 15) is 25.2 Å². The lowest BCUT2D eigenvalue weighted by atomic mass is 9.82. The molecule has 0 spiro atoms. The lowest BCUT2D eigenvalue weighted by Gasteiger charge is -2.36. The van der Waals surface area contributed by atoms with Gasteiger partial charge in [0, 0.05) is 29.5 Å². The van der Waals surface area contributed by atoms with Gasteiger partial charge in [-0.05, 0) is 23.3 Å². The molecule has 0 radical (unpaired) electrons. The van der Waals surface area contributed by atoms with Crippen LogP contribution >= 0.6 is 0 Å². The minimum Gasteiger partial charge on any atom is -0.507 e. The average molecular weight is 420 g/mol. The van der Waals surface area contributed by atoms with Gasteiger partial charge < -0.3 is 29.9 Å². The summed E-state index contributed by atoms with van der Waals surface area (Å²) < 4.78 is 11.6. The van der Waals surface area contributed by atoms with E-state index < -0.39 is 18.2 Å². The number of phenols is 3. The first kappa shape index (κ1) is 19.3. The van der Waals surface area contributed by atoms with Gasteiger partial charge in [0.15, 0.2) is 11.5 Å². The van der Waals surface area contributed by atoms with E-state index in [0.29, 0.717) is 22.4 Å². The van der Waals surface area contributed by atoms with Crippen molar-refractivity contribution in [3.8, 4) is 28.7 Å². The van der Waals surface area contributed by atoms with E-state index in [-0.39, 0.29) is 41.8 Å². The monoisotopic (exact) mass is 420 g/mol. The molecule has 0 saturated heterocycles. The molecule has 7 nitrogen and oxygen atoms in total. The third-order valence-electron chi connectivity index (χ3n) is 5.84. The van der Waals surface area contributed by atoms with Gasteiger partial charge in [-0.15, -0.1) is 0 Å². The highest BCUT2D eigenvalue weighted by atomic mass is 16.5. The summed E-state index contributed by atoms with van der Waals surface area (Å²) in [6, 6.07) is 15.1. The molecule has 4 N–H and O–H groups in total. The fraction of sp³-hybridized carbons (Fsp3) is 0.208. The molecule has 0 aromatic heterocycles. The Morgan fingerprint density at radius 2 is 1.61 bits per heavy atom. The van der Waals surface area contributed by atoms with Gasteiger partial charge in [-0.2, -0.15) is 0 Å². The summed E-state index contributed by atoms with van der Waals surface area (Å²) in [5, 5.41) is 40.8. The summed E-state index contributed by atoms with van der Waals surface area (Å²) in [6.07, 6.45) is -1.62. The highest BCUT2D eigenvalue weighted by Crippen LogP contribution is 2.52. The minimum atomic E-state index is -0.998. The van der Waals surface area contributed by atoms with Crippen LogP contribution < -0.4 is 9.47 Å². The lowest BCUT2D eigenvalue weighted by molar-refractivity contribution is -0.135. The van der Waals surface area contributed by atoms with E-state index in [0.717, 1.165) is 5.56 Å². The zero-order valence-electron chi connectivity index (χ0n) is 16.4. The van der Waals surface area contributed by atoms with Gasteiger partial charge in [0.2, 0.25) is 0 Å². The number of phenolic OH excluding ortho intramolecular Hbond substituents is 3. The molecule has 2 heterocycles. The third kappa shape index (κ3) is 3.23. The Hall–Kier alpha value is -3.71. The maximum atomic E-state index is 12.3. The fourth-order valence-electron chi connectivity index (χ4n) is 4.36. The summed E-state index contributed by atoms with van der Waals surface area (Å²) in [6.45, 7) is 0. The normalized spacial score (nSPS) is 22.1. The number of aromatic hydroxyl groups is 3. The number of ether oxygens (including phenoxy) is 2. The number of carbonyl (C=O) groups is 1. The number of benzene rings is 3. The molecule has 3 aromatic rings. The zero-order valence-corrected chi connectivity index (χ0v) is 16.4. The summed E-state index contributed by atoms with van der Waals surface area (Å²) in [5.74, 6) is -0.883. The molecule has 5 rings (SSSR count). The summed E-state index contributed by atoms with van der Waals surface area (Å²) in [5.41, 5.74) is 2.44. The van der Waals surface area contributed by atoms with Crippen LogP contribution in [0.4, 0.5) is 0 Å². The van der Waals surface area contributed by atoms with Crippen molar-refractivity contribution < 1.29 is 34.7 Å². The number of carbonyl (C=O) groups excluding carboxylic acids is 1. The van der Waals surface area contributed by atoms with E-state index in [1.807, 2.05) is 30.3 Å². The summed E-state index contributed by atoms with van der Waals surface area (Å²) in [4.78, 5) is 12.3. The first-order valence-corrected chi connectivity index (χ1v) is 9.93. The van der Waals surface area contributed by atoms with Crippen molar-refractivity contribution in [2.45, 2.75) is 31.0 Å². The van der Waals surface area contributed by atoms with Crippen molar-refractivity contribution in [2.24, 2.45) is 0 Å². The Morgan fingerprint density at radius 3 is 2.35 bits per heavy atom.